The summed E-state index contributed by atoms with van der Waals surface area (Å²) in [5.41, 5.74) is 1.19. The monoisotopic (exact) mass is 322 g/mol. The minimum atomic E-state index is 0.275. The van der Waals surface area contributed by atoms with E-state index in [9.17, 15) is 0 Å². The van der Waals surface area contributed by atoms with Crippen LogP contribution < -0.4 is 10.1 Å². The average Bonchev–Trinajstić information content (AvgIpc) is 2.99. The number of methoxy groups -OCH3 is 1. The van der Waals surface area contributed by atoms with Crippen molar-refractivity contribution < 1.29 is 9.47 Å². The first-order valence-corrected chi connectivity index (χ1v) is 8.29. The van der Waals surface area contributed by atoms with Crippen LogP contribution in [0.4, 0.5) is 0 Å². The molecule has 0 aromatic heterocycles. The Balaban J connectivity index is 2.06. The van der Waals surface area contributed by atoms with Crippen LogP contribution in [0.1, 0.15) is 32.3 Å². The Hall–Kier alpha value is -1.33. The van der Waals surface area contributed by atoms with Gasteiger partial charge in [0, 0.05) is 25.7 Å². The van der Waals surface area contributed by atoms with Gasteiger partial charge in [-0.05, 0) is 56.6 Å². The van der Waals surface area contributed by atoms with Crippen LogP contribution in [0.5, 0.6) is 5.75 Å². The first-order chi connectivity index (χ1) is 10.6. The number of rotatable bonds is 6. The standard InChI is InChI=1S/C17H26N2O2S/c1-13(2)18-17(22)19(12-16-8-5-9-21-16)11-14-6-4-7-15(10-14)20-3/h4,6-7,10,13,16H,5,8-9,11-12H2,1-3H3,(H,18,22). The van der Waals surface area contributed by atoms with Crippen molar-refractivity contribution in [3.63, 3.8) is 0 Å². The quantitative estimate of drug-likeness (QED) is 0.815. The van der Waals surface area contributed by atoms with E-state index in [1.807, 2.05) is 12.1 Å². The highest BCUT2D eigenvalue weighted by Crippen LogP contribution is 2.18. The van der Waals surface area contributed by atoms with Crippen molar-refractivity contribution in [2.24, 2.45) is 0 Å². The van der Waals surface area contributed by atoms with Crippen LogP contribution in [0, 0.1) is 0 Å². The molecule has 1 atom stereocenters. The minimum absolute atomic E-state index is 0.275. The van der Waals surface area contributed by atoms with Crippen molar-refractivity contribution in [2.45, 2.75) is 45.4 Å². The van der Waals surface area contributed by atoms with Crippen LogP contribution in [0.3, 0.4) is 0 Å². The van der Waals surface area contributed by atoms with E-state index in [4.69, 9.17) is 21.7 Å². The molecule has 2 rings (SSSR count). The largest absolute Gasteiger partial charge is 0.497 e. The van der Waals surface area contributed by atoms with Gasteiger partial charge in [-0.25, -0.2) is 0 Å². The molecule has 0 saturated carbocycles. The van der Waals surface area contributed by atoms with Gasteiger partial charge in [-0.2, -0.15) is 0 Å². The highest BCUT2D eigenvalue weighted by Gasteiger charge is 2.21. The van der Waals surface area contributed by atoms with Gasteiger partial charge < -0.3 is 19.7 Å². The van der Waals surface area contributed by atoms with Gasteiger partial charge in [0.25, 0.3) is 0 Å². The van der Waals surface area contributed by atoms with Crippen molar-refractivity contribution in [3.8, 4) is 5.75 Å². The summed E-state index contributed by atoms with van der Waals surface area (Å²) in [5, 5.41) is 4.12. The van der Waals surface area contributed by atoms with Crippen LogP contribution in [0.15, 0.2) is 24.3 Å². The second-order valence-corrected chi connectivity index (χ2v) is 6.36. The zero-order valence-corrected chi connectivity index (χ0v) is 14.5. The Kier molecular flexibility index (Phi) is 6.46. The van der Waals surface area contributed by atoms with Crippen LogP contribution in [0.25, 0.3) is 0 Å². The molecule has 0 spiro atoms. The van der Waals surface area contributed by atoms with Crippen molar-refractivity contribution in [2.75, 3.05) is 20.3 Å². The molecule has 1 aliphatic heterocycles. The molecule has 0 radical (unpaired) electrons. The Morgan fingerprint density at radius 3 is 2.95 bits per heavy atom. The summed E-state index contributed by atoms with van der Waals surface area (Å²) in [4.78, 5) is 2.19. The number of nitrogens with zero attached hydrogens (tertiary/aromatic N) is 1. The van der Waals surface area contributed by atoms with Crippen LogP contribution in [0.2, 0.25) is 0 Å². The Morgan fingerprint density at radius 2 is 2.32 bits per heavy atom. The molecule has 5 heteroatoms. The first-order valence-electron chi connectivity index (χ1n) is 7.88. The van der Waals surface area contributed by atoms with E-state index >= 15 is 0 Å². The normalized spacial score (nSPS) is 17.5. The van der Waals surface area contributed by atoms with Gasteiger partial charge in [0.1, 0.15) is 5.75 Å². The third-order valence-corrected chi connectivity index (χ3v) is 4.03. The highest BCUT2D eigenvalue weighted by molar-refractivity contribution is 7.80. The Morgan fingerprint density at radius 1 is 1.50 bits per heavy atom. The minimum Gasteiger partial charge on any atom is -0.497 e. The smallest absolute Gasteiger partial charge is 0.169 e. The molecule has 1 N–H and O–H groups in total. The van der Waals surface area contributed by atoms with Gasteiger partial charge in [0.2, 0.25) is 0 Å². The molecule has 1 aromatic carbocycles. The Bertz CT molecular complexity index is 487. The maximum Gasteiger partial charge on any atom is 0.169 e. The molecule has 1 unspecified atom stereocenters. The molecule has 4 nitrogen and oxygen atoms in total. The molecule has 1 heterocycles. The number of ether oxygens (including phenoxy) is 2. The molecule has 122 valence electrons. The number of thiocarbonyl (C=S) groups is 1. The number of nitrogens with one attached hydrogen (secondary N) is 1. The predicted molar refractivity (Wildman–Crippen MR) is 93.2 cm³/mol. The zero-order chi connectivity index (χ0) is 15.9. The van der Waals surface area contributed by atoms with Gasteiger partial charge >= 0.3 is 0 Å². The van der Waals surface area contributed by atoms with Crippen LogP contribution in [-0.4, -0.2) is 42.4 Å². The average molecular weight is 322 g/mol. The summed E-state index contributed by atoms with van der Waals surface area (Å²) in [6.07, 6.45) is 2.53. The molecule has 1 saturated heterocycles. The number of hydrogen-bond donors (Lipinski definition) is 1. The second-order valence-electron chi connectivity index (χ2n) is 5.97. The highest BCUT2D eigenvalue weighted by atomic mass is 32.1. The summed E-state index contributed by atoms with van der Waals surface area (Å²) in [7, 11) is 1.69. The molecular formula is C17H26N2O2S. The predicted octanol–water partition coefficient (Wildman–Crippen LogP) is 2.96. The molecule has 0 bridgehead atoms. The maximum absolute atomic E-state index is 5.77. The summed E-state index contributed by atoms with van der Waals surface area (Å²) in [5.74, 6) is 0.873. The van der Waals surface area contributed by atoms with E-state index in [0.29, 0.717) is 6.04 Å². The summed E-state index contributed by atoms with van der Waals surface area (Å²) < 4.78 is 11.1. The molecule has 1 fully saturated rings. The van der Waals surface area contributed by atoms with E-state index in [0.717, 1.165) is 43.4 Å². The van der Waals surface area contributed by atoms with Crippen molar-refractivity contribution in [1.82, 2.24) is 10.2 Å². The van der Waals surface area contributed by atoms with E-state index in [2.05, 4.69) is 36.2 Å². The molecular weight excluding hydrogens is 296 g/mol. The van der Waals surface area contributed by atoms with Gasteiger partial charge in [-0.1, -0.05) is 12.1 Å². The zero-order valence-electron chi connectivity index (χ0n) is 13.7. The molecule has 1 aromatic rings. The van der Waals surface area contributed by atoms with Crippen LogP contribution >= 0.6 is 12.2 Å². The first kappa shape index (κ1) is 17.0. The van der Waals surface area contributed by atoms with Crippen molar-refractivity contribution in [3.05, 3.63) is 29.8 Å². The van der Waals surface area contributed by atoms with E-state index in [1.165, 1.54) is 5.56 Å². The second kappa shape index (κ2) is 8.34. The number of benzene rings is 1. The van der Waals surface area contributed by atoms with Gasteiger partial charge in [0.05, 0.1) is 13.2 Å². The molecule has 0 aliphatic carbocycles. The topological polar surface area (TPSA) is 33.7 Å². The molecule has 1 aliphatic rings. The lowest BCUT2D eigenvalue weighted by Crippen LogP contribution is -2.45. The molecule has 0 amide bonds. The SMILES string of the molecule is COc1cccc(CN(CC2CCCO2)C(=S)NC(C)C)c1. The fourth-order valence-electron chi connectivity index (χ4n) is 2.58. The third kappa shape index (κ3) is 5.14. The van der Waals surface area contributed by atoms with E-state index in [-0.39, 0.29) is 6.10 Å². The number of hydrogen-bond acceptors (Lipinski definition) is 3. The van der Waals surface area contributed by atoms with Crippen LogP contribution in [-0.2, 0) is 11.3 Å². The lowest BCUT2D eigenvalue weighted by Gasteiger charge is -2.29. The van der Waals surface area contributed by atoms with E-state index < -0.39 is 0 Å². The summed E-state index contributed by atoms with van der Waals surface area (Å²) >= 11 is 5.57. The lowest BCUT2D eigenvalue weighted by molar-refractivity contribution is 0.0896. The third-order valence-electron chi connectivity index (χ3n) is 3.65. The van der Waals surface area contributed by atoms with Gasteiger partial charge in [-0.15, -0.1) is 0 Å². The van der Waals surface area contributed by atoms with Gasteiger partial charge in [0.15, 0.2) is 5.11 Å². The lowest BCUT2D eigenvalue weighted by atomic mass is 10.2. The summed E-state index contributed by atoms with van der Waals surface area (Å²) in [6, 6.07) is 8.45. The fourth-order valence-corrected chi connectivity index (χ4v) is 2.96. The van der Waals surface area contributed by atoms with Crippen molar-refractivity contribution in [1.29, 1.82) is 0 Å². The fraction of sp³-hybridized carbons (Fsp3) is 0.588. The maximum atomic E-state index is 5.77. The molecule has 22 heavy (non-hydrogen) atoms. The summed E-state index contributed by atoms with van der Waals surface area (Å²) in [6.45, 7) is 6.65. The Labute approximate surface area is 138 Å². The van der Waals surface area contributed by atoms with Gasteiger partial charge in [-0.3, -0.25) is 0 Å². The van der Waals surface area contributed by atoms with E-state index in [1.54, 1.807) is 7.11 Å². The van der Waals surface area contributed by atoms with Crippen molar-refractivity contribution >= 4 is 17.3 Å².